The van der Waals surface area contributed by atoms with E-state index < -0.39 is 69.6 Å². The highest BCUT2D eigenvalue weighted by molar-refractivity contribution is 6.24. The third-order valence-electron chi connectivity index (χ3n) is 7.87. The van der Waals surface area contributed by atoms with Crippen molar-refractivity contribution in [3.8, 4) is 28.4 Å². The fourth-order valence-corrected chi connectivity index (χ4v) is 6.01. The van der Waals surface area contributed by atoms with E-state index in [1.54, 1.807) is 30.3 Å². The SMILES string of the molecule is C=Cc1cc(OC)ccc1-c1ccc(O)c2c1O[C@H]1C[C@H]3[C@H](N(C)C)C(=O)C(C(N)=O)=C(O)[C@@]3(O)C(=O)C1=C2O. The van der Waals surface area contributed by atoms with E-state index >= 15 is 0 Å². The molecule has 0 unspecified atom stereocenters. The number of nitrogens with zero attached hydrogens (tertiary/aromatic N) is 1. The molecule has 40 heavy (non-hydrogen) atoms. The van der Waals surface area contributed by atoms with Crippen LogP contribution in [0, 0.1) is 5.92 Å². The van der Waals surface area contributed by atoms with Crippen molar-refractivity contribution in [3.63, 3.8) is 0 Å². The Labute approximate surface area is 229 Å². The third-order valence-corrected chi connectivity index (χ3v) is 7.87. The van der Waals surface area contributed by atoms with Gasteiger partial charge in [0.1, 0.15) is 46.0 Å². The Hall–Kier alpha value is -4.61. The lowest BCUT2D eigenvalue weighted by Gasteiger charge is -2.50. The summed E-state index contributed by atoms with van der Waals surface area (Å²) in [5.41, 5.74) is 2.85. The average molecular weight is 549 g/mol. The molecule has 6 N–H and O–H groups in total. The number of aliphatic hydroxyl groups excluding tert-OH is 2. The standard InChI is InChI=1S/C29H28N2O9/c1-5-12-10-13(39-4)6-7-14(12)15-8-9-17(32)19-23(33)20-18(40-25(15)19)11-16-22(31(2)3)24(34)21(28(30)37)27(36)29(16,38)26(20)35/h5-10,16,18,22,32-33,36,38H,1,11H2,2-4H3,(H2,30,37)/t16-,18-,22-,29-/m0/s1. The smallest absolute Gasteiger partial charge is 0.255 e. The van der Waals surface area contributed by atoms with Gasteiger partial charge in [0, 0.05) is 11.5 Å². The Bertz CT molecular complexity index is 1570. The largest absolute Gasteiger partial charge is 0.508 e. The molecule has 1 amide bonds. The summed E-state index contributed by atoms with van der Waals surface area (Å²) in [6, 6.07) is 6.90. The minimum Gasteiger partial charge on any atom is -0.508 e. The van der Waals surface area contributed by atoms with E-state index in [1.807, 2.05) is 0 Å². The van der Waals surface area contributed by atoms with Crippen LogP contribution in [-0.2, 0) is 14.4 Å². The first kappa shape index (κ1) is 27.0. The number of primary amides is 1. The van der Waals surface area contributed by atoms with Gasteiger partial charge in [-0.2, -0.15) is 0 Å². The molecule has 5 rings (SSSR count). The molecule has 1 heterocycles. The van der Waals surface area contributed by atoms with Crippen LogP contribution in [0.1, 0.15) is 17.5 Å². The highest BCUT2D eigenvalue weighted by atomic mass is 16.5. The fraction of sp³-hybridized carbons (Fsp3) is 0.276. The van der Waals surface area contributed by atoms with Crippen LogP contribution in [0.2, 0.25) is 0 Å². The molecule has 4 atom stereocenters. The minimum atomic E-state index is -2.76. The number of aromatic hydroxyl groups is 1. The van der Waals surface area contributed by atoms with Gasteiger partial charge in [-0.15, -0.1) is 0 Å². The molecular formula is C29H28N2O9. The van der Waals surface area contributed by atoms with Gasteiger partial charge in [0.2, 0.25) is 5.78 Å². The summed E-state index contributed by atoms with van der Waals surface area (Å²) in [5, 5.41) is 44.7. The molecule has 0 spiro atoms. The van der Waals surface area contributed by atoms with Crippen molar-refractivity contribution in [1.82, 2.24) is 4.90 Å². The Morgan fingerprint density at radius 1 is 1.18 bits per heavy atom. The summed E-state index contributed by atoms with van der Waals surface area (Å²) in [4.78, 5) is 40.6. The predicted molar refractivity (Wildman–Crippen MR) is 144 cm³/mol. The van der Waals surface area contributed by atoms with Gasteiger partial charge in [0.25, 0.3) is 5.91 Å². The van der Waals surface area contributed by atoms with Gasteiger partial charge in [0.05, 0.1) is 18.7 Å². The van der Waals surface area contributed by atoms with Crippen molar-refractivity contribution in [1.29, 1.82) is 0 Å². The van der Waals surface area contributed by atoms with Gasteiger partial charge < -0.3 is 35.6 Å². The number of fused-ring (bicyclic) bond motifs is 3. The summed E-state index contributed by atoms with van der Waals surface area (Å²) < 4.78 is 11.6. The second-order valence-corrected chi connectivity index (χ2v) is 10.2. The third kappa shape index (κ3) is 3.55. The number of ketones is 2. The van der Waals surface area contributed by atoms with E-state index in [-0.39, 0.29) is 17.7 Å². The van der Waals surface area contributed by atoms with Crippen LogP contribution in [0.4, 0.5) is 0 Å². The monoisotopic (exact) mass is 548 g/mol. The molecule has 1 fully saturated rings. The number of Topliss-reactive ketones (excluding diaryl/α,β-unsaturated/α-hetero) is 2. The lowest BCUT2D eigenvalue weighted by Crippen LogP contribution is -2.66. The molecule has 3 aliphatic rings. The van der Waals surface area contributed by atoms with E-state index in [1.165, 1.54) is 32.2 Å². The summed E-state index contributed by atoms with van der Waals surface area (Å²) in [6.07, 6.45) is 0.221. The van der Waals surface area contributed by atoms with Crippen LogP contribution < -0.4 is 15.2 Å². The number of likely N-dealkylation sites (N-methyl/N-ethyl adjacent to an activating group) is 1. The van der Waals surface area contributed by atoms with Gasteiger partial charge in [-0.1, -0.05) is 12.7 Å². The van der Waals surface area contributed by atoms with Gasteiger partial charge in [0.15, 0.2) is 11.4 Å². The first-order valence-corrected chi connectivity index (χ1v) is 12.4. The van der Waals surface area contributed by atoms with Crippen molar-refractivity contribution >= 4 is 29.3 Å². The maximum Gasteiger partial charge on any atom is 0.255 e. The maximum absolute atomic E-state index is 13.9. The Balaban J connectivity index is 1.74. The maximum atomic E-state index is 13.9. The van der Waals surface area contributed by atoms with Crippen molar-refractivity contribution in [2.45, 2.75) is 24.2 Å². The molecule has 2 aliphatic carbocycles. The Kier molecular flexibility index (Phi) is 6.24. The number of ether oxygens (including phenoxy) is 2. The Morgan fingerprint density at radius 2 is 1.85 bits per heavy atom. The quantitative estimate of drug-likeness (QED) is 0.346. The van der Waals surface area contributed by atoms with Gasteiger partial charge in [-0.05, 0) is 62.0 Å². The summed E-state index contributed by atoms with van der Waals surface area (Å²) in [5.74, 6) is -6.18. The van der Waals surface area contributed by atoms with Crippen molar-refractivity contribution < 1.29 is 44.3 Å². The number of hydrogen-bond donors (Lipinski definition) is 5. The molecule has 0 saturated heterocycles. The zero-order chi connectivity index (χ0) is 29.3. The van der Waals surface area contributed by atoms with E-state index in [2.05, 4.69) is 6.58 Å². The van der Waals surface area contributed by atoms with Gasteiger partial charge in [-0.25, -0.2) is 0 Å². The highest BCUT2D eigenvalue weighted by Gasteiger charge is 2.65. The zero-order valence-corrected chi connectivity index (χ0v) is 22.0. The number of aliphatic hydroxyl groups is 3. The number of phenols is 1. The van der Waals surface area contributed by atoms with Gasteiger partial charge in [-0.3, -0.25) is 19.3 Å². The Morgan fingerprint density at radius 3 is 2.45 bits per heavy atom. The topological polar surface area (TPSA) is 180 Å². The number of hydrogen-bond acceptors (Lipinski definition) is 10. The molecule has 0 radical (unpaired) electrons. The molecule has 0 aromatic heterocycles. The molecule has 0 bridgehead atoms. The summed E-state index contributed by atoms with van der Waals surface area (Å²) in [7, 11) is 4.56. The molecule has 1 aliphatic heterocycles. The second kappa shape index (κ2) is 9.25. The zero-order valence-electron chi connectivity index (χ0n) is 22.0. The average Bonchev–Trinajstić information content (AvgIpc) is 2.90. The van der Waals surface area contributed by atoms with Crippen LogP contribution in [0.15, 0.2) is 53.8 Å². The van der Waals surface area contributed by atoms with Crippen LogP contribution in [0.5, 0.6) is 17.2 Å². The van der Waals surface area contributed by atoms with Crippen molar-refractivity contribution in [2.75, 3.05) is 21.2 Å². The first-order valence-electron chi connectivity index (χ1n) is 12.4. The summed E-state index contributed by atoms with van der Waals surface area (Å²) >= 11 is 0. The van der Waals surface area contributed by atoms with E-state index in [9.17, 15) is 34.8 Å². The molecule has 1 saturated carbocycles. The lowest BCUT2D eigenvalue weighted by molar-refractivity contribution is -0.155. The number of nitrogens with two attached hydrogens (primary N) is 1. The fourth-order valence-electron chi connectivity index (χ4n) is 6.01. The number of methoxy groups -OCH3 is 1. The number of phenolic OH excluding ortho intramolecular Hbond substituents is 1. The highest BCUT2D eigenvalue weighted by Crippen LogP contribution is 2.53. The molecule has 2 aromatic carbocycles. The number of benzene rings is 2. The number of amides is 1. The van der Waals surface area contributed by atoms with Crippen molar-refractivity contribution in [2.24, 2.45) is 11.7 Å². The van der Waals surface area contributed by atoms with Crippen LogP contribution in [-0.4, -0.2) is 81.8 Å². The summed E-state index contributed by atoms with van der Waals surface area (Å²) in [6.45, 7) is 3.85. The van der Waals surface area contributed by atoms with E-state index in [4.69, 9.17) is 15.2 Å². The number of carbonyl (C=O) groups excluding carboxylic acids is 3. The molecule has 11 nitrogen and oxygen atoms in total. The van der Waals surface area contributed by atoms with Gasteiger partial charge >= 0.3 is 0 Å². The molecule has 11 heteroatoms. The van der Waals surface area contributed by atoms with E-state index in [0.717, 1.165) is 0 Å². The number of rotatable bonds is 5. The van der Waals surface area contributed by atoms with Crippen LogP contribution in [0.25, 0.3) is 23.0 Å². The lowest BCUT2D eigenvalue weighted by atomic mass is 9.61. The minimum absolute atomic E-state index is 0.0684. The normalized spacial score (nSPS) is 25.7. The molecule has 2 aromatic rings. The molecular weight excluding hydrogens is 520 g/mol. The second-order valence-electron chi connectivity index (χ2n) is 10.2. The molecule has 208 valence electrons. The van der Waals surface area contributed by atoms with E-state index in [0.29, 0.717) is 22.4 Å². The first-order chi connectivity index (χ1) is 18.9. The van der Waals surface area contributed by atoms with Crippen LogP contribution >= 0.6 is 0 Å². The van der Waals surface area contributed by atoms with Crippen LogP contribution in [0.3, 0.4) is 0 Å². The predicted octanol–water partition coefficient (Wildman–Crippen LogP) is 1.87. The van der Waals surface area contributed by atoms with Crippen molar-refractivity contribution in [3.05, 3.63) is 64.9 Å². The number of carbonyl (C=O) groups is 3.